The van der Waals surface area contributed by atoms with Crippen molar-refractivity contribution in [2.24, 2.45) is 0 Å². The maximum atomic E-state index is 12.1. The van der Waals surface area contributed by atoms with Crippen LogP contribution >= 0.6 is 23.7 Å². The van der Waals surface area contributed by atoms with Gasteiger partial charge in [-0.15, -0.1) is 23.7 Å². The number of nitrogens with zero attached hydrogens (tertiary/aromatic N) is 1. The van der Waals surface area contributed by atoms with Gasteiger partial charge in [0.1, 0.15) is 0 Å². The van der Waals surface area contributed by atoms with Gasteiger partial charge in [-0.3, -0.25) is 9.59 Å². The topological polar surface area (TPSA) is 61.4 Å². The van der Waals surface area contributed by atoms with Gasteiger partial charge in [0, 0.05) is 19.1 Å². The smallest absolute Gasteiger partial charge is 0.261 e. The van der Waals surface area contributed by atoms with E-state index in [2.05, 4.69) is 10.6 Å². The largest absolute Gasteiger partial charge is 0.342 e. The standard InChI is InChI=1S/C13H19N3O2S.ClH/c1-14-8-10-4-2-6-16(10)12(17)9-15-13(18)11-5-3-7-19-11;/h3,5,7,10,14H,2,4,6,8-9H2,1H3,(H,15,18);1H. The van der Waals surface area contributed by atoms with Crippen LogP contribution in [0, 0.1) is 0 Å². The minimum atomic E-state index is -0.173. The Morgan fingerprint density at radius 3 is 2.95 bits per heavy atom. The molecule has 0 saturated carbocycles. The van der Waals surface area contributed by atoms with E-state index in [1.54, 1.807) is 6.07 Å². The first-order valence-electron chi connectivity index (χ1n) is 6.48. The molecule has 0 bridgehead atoms. The van der Waals surface area contributed by atoms with Crippen molar-refractivity contribution in [2.45, 2.75) is 18.9 Å². The van der Waals surface area contributed by atoms with Crippen molar-refractivity contribution >= 4 is 35.6 Å². The number of amides is 2. The highest BCUT2D eigenvalue weighted by atomic mass is 35.5. The zero-order valence-corrected chi connectivity index (χ0v) is 13.1. The minimum Gasteiger partial charge on any atom is -0.342 e. The molecule has 0 aromatic carbocycles. The molecule has 2 rings (SSSR count). The molecule has 1 aliphatic heterocycles. The van der Waals surface area contributed by atoms with Crippen LogP contribution in [0.2, 0.25) is 0 Å². The highest BCUT2D eigenvalue weighted by Gasteiger charge is 2.27. The molecule has 1 aliphatic rings. The number of thiophene rings is 1. The fraction of sp³-hybridized carbons (Fsp3) is 0.538. The molecular weight excluding hydrogens is 298 g/mol. The van der Waals surface area contributed by atoms with Gasteiger partial charge in [-0.05, 0) is 31.3 Å². The van der Waals surface area contributed by atoms with Crippen molar-refractivity contribution < 1.29 is 9.59 Å². The molecular formula is C13H20ClN3O2S. The second-order valence-electron chi connectivity index (χ2n) is 4.60. The highest BCUT2D eigenvalue weighted by Crippen LogP contribution is 2.16. The summed E-state index contributed by atoms with van der Waals surface area (Å²) in [6.45, 7) is 1.68. The van der Waals surface area contributed by atoms with Gasteiger partial charge in [0.15, 0.2) is 0 Å². The van der Waals surface area contributed by atoms with Crippen LogP contribution in [0.3, 0.4) is 0 Å². The van der Waals surface area contributed by atoms with E-state index < -0.39 is 0 Å². The van der Waals surface area contributed by atoms with E-state index in [0.29, 0.717) is 4.88 Å². The SMILES string of the molecule is CNCC1CCCN1C(=O)CNC(=O)c1cccs1.Cl. The molecule has 2 N–H and O–H groups in total. The Morgan fingerprint density at radius 1 is 1.50 bits per heavy atom. The average Bonchev–Trinajstić information content (AvgIpc) is 3.06. The number of halogens is 1. The zero-order valence-electron chi connectivity index (χ0n) is 11.4. The van der Waals surface area contributed by atoms with E-state index >= 15 is 0 Å². The van der Waals surface area contributed by atoms with Crippen molar-refractivity contribution in [3.05, 3.63) is 22.4 Å². The summed E-state index contributed by atoms with van der Waals surface area (Å²) in [5, 5.41) is 7.63. The molecule has 1 atom stereocenters. The summed E-state index contributed by atoms with van der Waals surface area (Å²) >= 11 is 1.38. The lowest BCUT2D eigenvalue weighted by molar-refractivity contribution is -0.130. The van der Waals surface area contributed by atoms with Gasteiger partial charge >= 0.3 is 0 Å². The average molecular weight is 318 g/mol. The summed E-state index contributed by atoms with van der Waals surface area (Å²) < 4.78 is 0. The van der Waals surface area contributed by atoms with Crippen LogP contribution in [-0.4, -0.2) is 49.4 Å². The lowest BCUT2D eigenvalue weighted by Crippen LogP contribution is -2.45. The molecule has 1 aromatic heterocycles. The molecule has 20 heavy (non-hydrogen) atoms. The van der Waals surface area contributed by atoms with Crippen LogP contribution < -0.4 is 10.6 Å². The molecule has 5 nitrogen and oxygen atoms in total. The Hall–Kier alpha value is -1.11. The van der Waals surface area contributed by atoms with Gasteiger partial charge in [0.05, 0.1) is 11.4 Å². The van der Waals surface area contributed by atoms with Gasteiger partial charge in [-0.1, -0.05) is 6.07 Å². The second-order valence-corrected chi connectivity index (χ2v) is 5.55. The Bertz CT molecular complexity index is 439. The van der Waals surface area contributed by atoms with E-state index in [0.717, 1.165) is 25.9 Å². The molecule has 0 radical (unpaired) electrons. The summed E-state index contributed by atoms with van der Waals surface area (Å²) in [5.41, 5.74) is 0. The van der Waals surface area contributed by atoms with Crippen LogP contribution in [0.1, 0.15) is 22.5 Å². The first-order chi connectivity index (χ1) is 9.22. The fourth-order valence-corrected chi connectivity index (χ4v) is 3.00. The van der Waals surface area contributed by atoms with E-state index in [1.165, 1.54) is 11.3 Å². The molecule has 2 heterocycles. The van der Waals surface area contributed by atoms with Crippen LogP contribution in [0.15, 0.2) is 17.5 Å². The number of carbonyl (C=O) groups excluding carboxylic acids is 2. The molecule has 1 aromatic rings. The number of hydrogen-bond donors (Lipinski definition) is 2. The van der Waals surface area contributed by atoms with Crippen molar-refractivity contribution in [1.29, 1.82) is 0 Å². The molecule has 112 valence electrons. The van der Waals surface area contributed by atoms with Gasteiger partial charge in [-0.2, -0.15) is 0 Å². The first-order valence-corrected chi connectivity index (χ1v) is 7.36. The molecule has 7 heteroatoms. The molecule has 2 amide bonds. The summed E-state index contributed by atoms with van der Waals surface area (Å²) in [7, 11) is 1.89. The monoisotopic (exact) mass is 317 g/mol. The minimum absolute atomic E-state index is 0. The molecule has 1 saturated heterocycles. The van der Waals surface area contributed by atoms with E-state index in [9.17, 15) is 9.59 Å². The Kier molecular flexibility index (Phi) is 6.98. The maximum absolute atomic E-state index is 12.1. The van der Waals surface area contributed by atoms with Crippen molar-refractivity contribution in [3.8, 4) is 0 Å². The zero-order chi connectivity index (χ0) is 13.7. The normalized spacial score (nSPS) is 17.6. The summed E-state index contributed by atoms with van der Waals surface area (Å²) in [6, 6.07) is 3.84. The first kappa shape index (κ1) is 16.9. The van der Waals surface area contributed by atoms with Crippen LogP contribution in [-0.2, 0) is 4.79 Å². The Balaban J connectivity index is 0.00000200. The summed E-state index contributed by atoms with van der Waals surface area (Å²) in [6.07, 6.45) is 2.07. The van der Waals surface area contributed by atoms with Crippen molar-refractivity contribution in [2.75, 3.05) is 26.7 Å². The maximum Gasteiger partial charge on any atom is 0.261 e. The highest BCUT2D eigenvalue weighted by molar-refractivity contribution is 7.12. The van der Waals surface area contributed by atoms with Gasteiger partial charge in [0.2, 0.25) is 5.91 Å². The lowest BCUT2D eigenvalue weighted by atomic mass is 10.2. The van der Waals surface area contributed by atoms with E-state index in [1.807, 2.05) is 23.4 Å². The number of carbonyl (C=O) groups is 2. The third-order valence-electron chi connectivity index (χ3n) is 3.28. The fourth-order valence-electron chi connectivity index (χ4n) is 2.36. The number of hydrogen-bond acceptors (Lipinski definition) is 4. The quantitative estimate of drug-likeness (QED) is 0.855. The summed E-state index contributed by atoms with van der Waals surface area (Å²) in [4.78, 5) is 26.3. The van der Waals surface area contributed by atoms with Gasteiger partial charge in [-0.25, -0.2) is 0 Å². The third-order valence-corrected chi connectivity index (χ3v) is 4.15. The van der Waals surface area contributed by atoms with E-state index in [4.69, 9.17) is 0 Å². The van der Waals surface area contributed by atoms with Crippen LogP contribution in [0.4, 0.5) is 0 Å². The number of likely N-dealkylation sites (tertiary alicyclic amines) is 1. The van der Waals surface area contributed by atoms with Gasteiger partial charge in [0.25, 0.3) is 5.91 Å². The second kappa shape index (κ2) is 8.24. The van der Waals surface area contributed by atoms with Crippen molar-refractivity contribution in [3.63, 3.8) is 0 Å². The molecule has 1 fully saturated rings. The van der Waals surface area contributed by atoms with Crippen LogP contribution in [0.25, 0.3) is 0 Å². The Labute approximate surface area is 129 Å². The predicted octanol–water partition coefficient (Wildman–Crippen LogP) is 1.11. The third kappa shape index (κ3) is 4.19. The molecule has 0 aliphatic carbocycles. The van der Waals surface area contributed by atoms with Gasteiger partial charge < -0.3 is 15.5 Å². The number of rotatable bonds is 5. The Morgan fingerprint density at radius 2 is 2.30 bits per heavy atom. The molecule has 0 spiro atoms. The predicted molar refractivity (Wildman–Crippen MR) is 82.6 cm³/mol. The van der Waals surface area contributed by atoms with Crippen molar-refractivity contribution in [1.82, 2.24) is 15.5 Å². The lowest BCUT2D eigenvalue weighted by Gasteiger charge is -2.24. The number of likely N-dealkylation sites (N-methyl/N-ethyl adjacent to an activating group) is 1. The summed E-state index contributed by atoms with van der Waals surface area (Å²) in [5.74, 6) is -0.171. The number of nitrogens with one attached hydrogen (secondary N) is 2. The van der Waals surface area contributed by atoms with Crippen LogP contribution in [0.5, 0.6) is 0 Å². The van der Waals surface area contributed by atoms with E-state index in [-0.39, 0.29) is 36.8 Å². The molecule has 1 unspecified atom stereocenters.